The van der Waals surface area contributed by atoms with Gasteiger partial charge in [0.1, 0.15) is 10.7 Å². The van der Waals surface area contributed by atoms with Gasteiger partial charge in [0.2, 0.25) is 0 Å². The summed E-state index contributed by atoms with van der Waals surface area (Å²) in [5, 5.41) is 15.7. The SMILES string of the molecule is O=C1CN(C(=O)O)CC(NCc2ccncc2OCC2CC2)=C1C(=S)Nc1ccccc1. The minimum atomic E-state index is -1.16. The van der Waals surface area contributed by atoms with E-state index >= 15 is 0 Å². The van der Waals surface area contributed by atoms with Gasteiger partial charge in [-0.3, -0.25) is 14.7 Å². The zero-order valence-corrected chi connectivity index (χ0v) is 18.2. The van der Waals surface area contributed by atoms with E-state index in [1.165, 1.54) is 12.8 Å². The predicted molar refractivity (Wildman–Crippen MR) is 124 cm³/mol. The topological polar surface area (TPSA) is 104 Å². The Bertz CT molecular complexity index is 1050. The number of thiocarbonyl (C=S) groups is 1. The molecule has 1 aliphatic heterocycles. The van der Waals surface area contributed by atoms with Crippen LogP contribution in [0, 0.1) is 5.92 Å². The highest BCUT2D eigenvalue weighted by molar-refractivity contribution is 7.81. The number of para-hydroxylation sites is 1. The lowest BCUT2D eigenvalue weighted by Gasteiger charge is -2.29. The fraction of sp³-hybridized carbons (Fsp3) is 0.304. The van der Waals surface area contributed by atoms with Gasteiger partial charge in [-0.1, -0.05) is 30.4 Å². The van der Waals surface area contributed by atoms with Crippen LogP contribution in [0.15, 0.2) is 60.1 Å². The Hall–Kier alpha value is -3.46. The Morgan fingerprint density at radius 2 is 2.00 bits per heavy atom. The quantitative estimate of drug-likeness (QED) is 0.525. The molecule has 0 radical (unpaired) electrons. The number of ketones is 1. The second-order valence-corrected chi connectivity index (χ2v) is 8.24. The van der Waals surface area contributed by atoms with E-state index in [1.807, 2.05) is 36.4 Å². The van der Waals surface area contributed by atoms with Crippen LogP contribution in [-0.2, 0) is 11.3 Å². The molecule has 3 N–H and O–H groups in total. The molecule has 1 aliphatic carbocycles. The Morgan fingerprint density at radius 1 is 1.22 bits per heavy atom. The van der Waals surface area contributed by atoms with Crippen molar-refractivity contribution in [3.05, 3.63) is 65.6 Å². The standard InChI is InChI=1S/C23H24N4O4S/c28-19-13-27(23(29)30)12-18(21(19)22(32)26-17-4-2-1-3-5-17)25-10-16-8-9-24-11-20(16)31-14-15-6-7-15/h1-5,8-9,11,15,25H,6-7,10,12-14H2,(H,26,32)(H,29,30). The van der Waals surface area contributed by atoms with Crippen molar-refractivity contribution in [2.24, 2.45) is 5.92 Å². The second kappa shape index (κ2) is 9.78. The summed E-state index contributed by atoms with van der Waals surface area (Å²) in [5.74, 6) is 0.928. The van der Waals surface area contributed by atoms with Gasteiger partial charge >= 0.3 is 6.09 Å². The van der Waals surface area contributed by atoms with Crippen molar-refractivity contribution in [3.63, 3.8) is 0 Å². The maximum Gasteiger partial charge on any atom is 0.408 e. The van der Waals surface area contributed by atoms with Gasteiger partial charge in [0, 0.05) is 29.7 Å². The van der Waals surface area contributed by atoms with E-state index in [0.29, 0.717) is 36.1 Å². The molecule has 0 unspecified atom stereocenters. The number of carboxylic acid groups (broad SMARTS) is 1. The van der Waals surface area contributed by atoms with Crippen LogP contribution in [-0.4, -0.2) is 51.6 Å². The summed E-state index contributed by atoms with van der Waals surface area (Å²) >= 11 is 5.52. The fourth-order valence-electron chi connectivity index (χ4n) is 3.38. The number of hydrogen-bond acceptors (Lipinski definition) is 6. The molecule has 32 heavy (non-hydrogen) atoms. The number of amides is 1. The van der Waals surface area contributed by atoms with Crippen molar-refractivity contribution in [2.45, 2.75) is 19.4 Å². The van der Waals surface area contributed by atoms with Gasteiger partial charge in [0.05, 0.1) is 31.5 Å². The molecule has 0 saturated heterocycles. The highest BCUT2D eigenvalue weighted by Crippen LogP contribution is 2.30. The summed E-state index contributed by atoms with van der Waals surface area (Å²) in [6, 6.07) is 11.1. The Morgan fingerprint density at radius 3 is 2.72 bits per heavy atom. The van der Waals surface area contributed by atoms with E-state index in [9.17, 15) is 14.7 Å². The van der Waals surface area contributed by atoms with Gasteiger partial charge in [0.25, 0.3) is 0 Å². The van der Waals surface area contributed by atoms with Crippen LogP contribution in [0.25, 0.3) is 0 Å². The van der Waals surface area contributed by atoms with Gasteiger partial charge < -0.3 is 20.5 Å². The predicted octanol–water partition coefficient (Wildman–Crippen LogP) is 3.22. The average Bonchev–Trinajstić information content (AvgIpc) is 3.61. The van der Waals surface area contributed by atoms with Crippen molar-refractivity contribution in [3.8, 4) is 5.75 Å². The number of ether oxygens (including phenoxy) is 1. The number of Topliss-reactive ketones (excluding diaryl/α,β-unsaturated/α-hetero) is 1. The number of aromatic nitrogens is 1. The first-order chi connectivity index (χ1) is 15.5. The van der Waals surface area contributed by atoms with Gasteiger partial charge in [0.15, 0.2) is 5.78 Å². The van der Waals surface area contributed by atoms with E-state index in [4.69, 9.17) is 17.0 Å². The van der Waals surface area contributed by atoms with Crippen molar-refractivity contribution < 1.29 is 19.4 Å². The molecule has 8 nitrogen and oxygen atoms in total. The summed E-state index contributed by atoms with van der Waals surface area (Å²) < 4.78 is 5.91. The molecule has 4 rings (SSSR count). The lowest BCUT2D eigenvalue weighted by molar-refractivity contribution is -0.116. The number of nitrogens with one attached hydrogen (secondary N) is 2. The smallest absolute Gasteiger partial charge is 0.408 e. The van der Waals surface area contributed by atoms with Crippen LogP contribution in [0.5, 0.6) is 5.75 Å². The molecule has 1 aromatic carbocycles. The first kappa shape index (κ1) is 21.8. The number of hydrogen-bond donors (Lipinski definition) is 3. The Kier molecular flexibility index (Phi) is 6.65. The van der Waals surface area contributed by atoms with Gasteiger partial charge in [-0.2, -0.15) is 0 Å². The maximum absolute atomic E-state index is 12.8. The summed E-state index contributed by atoms with van der Waals surface area (Å²) in [7, 11) is 0. The molecule has 2 heterocycles. The fourth-order valence-corrected chi connectivity index (χ4v) is 3.74. The zero-order valence-electron chi connectivity index (χ0n) is 17.4. The summed E-state index contributed by atoms with van der Waals surface area (Å²) in [6.07, 6.45) is 4.56. The van der Waals surface area contributed by atoms with Gasteiger partial charge in [-0.15, -0.1) is 0 Å². The van der Waals surface area contributed by atoms with E-state index in [2.05, 4.69) is 15.6 Å². The molecule has 1 amide bonds. The van der Waals surface area contributed by atoms with Crippen LogP contribution < -0.4 is 15.4 Å². The summed E-state index contributed by atoms with van der Waals surface area (Å²) in [5.41, 5.74) is 2.38. The third-order valence-corrected chi connectivity index (χ3v) is 5.63. The first-order valence-corrected chi connectivity index (χ1v) is 10.8. The normalized spacial score (nSPS) is 16.0. The summed E-state index contributed by atoms with van der Waals surface area (Å²) in [6.45, 7) is 0.798. The molecule has 1 aromatic heterocycles. The highest BCUT2D eigenvalue weighted by atomic mass is 32.1. The van der Waals surface area contributed by atoms with Crippen LogP contribution >= 0.6 is 12.2 Å². The van der Waals surface area contributed by atoms with Gasteiger partial charge in [-0.05, 0) is 37.0 Å². The van der Waals surface area contributed by atoms with E-state index in [0.717, 1.165) is 16.2 Å². The minimum absolute atomic E-state index is 0.0381. The van der Waals surface area contributed by atoms with Crippen molar-refractivity contribution in [1.82, 2.24) is 15.2 Å². The van der Waals surface area contributed by atoms with E-state index in [1.54, 1.807) is 12.4 Å². The zero-order chi connectivity index (χ0) is 22.5. The number of benzene rings is 1. The minimum Gasteiger partial charge on any atom is -0.491 e. The van der Waals surface area contributed by atoms with Crippen molar-refractivity contribution in [2.75, 3.05) is 25.0 Å². The van der Waals surface area contributed by atoms with Crippen molar-refractivity contribution >= 4 is 34.8 Å². The average molecular weight is 453 g/mol. The van der Waals surface area contributed by atoms with Crippen LogP contribution in [0.1, 0.15) is 18.4 Å². The lowest BCUT2D eigenvalue weighted by atomic mass is 10.0. The monoisotopic (exact) mass is 452 g/mol. The molecule has 2 aromatic rings. The number of carbonyl (C=O) groups is 2. The van der Waals surface area contributed by atoms with Crippen molar-refractivity contribution in [1.29, 1.82) is 0 Å². The molecule has 1 saturated carbocycles. The summed E-state index contributed by atoms with van der Waals surface area (Å²) in [4.78, 5) is 29.9. The molecule has 166 valence electrons. The highest BCUT2D eigenvalue weighted by Gasteiger charge is 2.31. The number of anilines is 1. The maximum atomic E-state index is 12.8. The van der Waals surface area contributed by atoms with E-state index in [-0.39, 0.29) is 23.9 Å². The Balaban J connectivity index is 1.55. The van der Waals surface area contributed by atoms with Gasteiger partial charge in [-0.25, -0.2) is 4.79 Å². The molecule has 2 aliphatic rings. The van der Waals surface area contributed by atoms with Crippen LogP contribution in [0.2, 0.25) is 0 Å². The molecule has 0 spiro atoms. The largest absolute Gasteiger partial charge is 0.491 e. The lowest BCUT2D eigenvalue weighted by Crippen LogP contribution is -2.46. The number of carbonyl (C=O) groups excluding carboxylic acids is 1. The third kappa shape index (κ3) is 5.42. The molecular weight excluding hydrogens is 428 g/mol. The third-order valence-electron chi connectivity index (χ3n) is 5.33. The first-order valence-electron chi connectivity index (χ1n) is 10.4. The molecule has 0 bridgehead atoms. The molecule has 9 heteroatoms. The van der Waals surface area contributed by atoms with E-state index < -0.39 is 6.09 Å². The van der Waals surface area contributed by atoms with Crippen LogP contribution in [0.4, 0.5) is 10.5 Å². The molecule has 0 atom stereocenters. The number of rotatable bonds is 8. The number of nitrogens with zero attached hydrogens (tertiary/aromatic N) is 2. The Labute approximate surface area is 191 Å². The molecular formula is C23H24N4O4S. The van der Waals surface area contributed by atoms with Crippen LogP contribution in [0.3, 0.4) is 0 Å². The second-order valence-electron chi connectivity index (χ2n) is 7.83. The molecule has 1 fully saturated rings. The number of pyridine rings is 1.